The number of esters is 1. The van der Waals surface area contributed by atoms with Crippen LogP contribution in [0.3, 0.4) is 0 Å². The molecule has 2 rings (SSSR count). The monoisotopic (exact) mass is 384 g/mol. The van der Waals surface area contributed by atoms with E-state index in [2.05, 4.69) is 21.2 Å². The van der Waals surface area contributed by atoms with Crippen LogP contribution in [0.5, 0.6) is 0 Å². The van der Waals surface area contributed by atoms with Crippen molar-refractivity contribution in [2.75, 3.05) is 11.9 Å². The molecule has 24 heavy (non-hydrogen) atoms. The molecule has 2 aromatic rings. The molecule has 5 nitrogen and oxygen atoms in total. The fourth-order valence-electron chi connectivity index (χ4n) is 1.82. The summed E-state index contributed by atoms with van der Waals surface area (Å²) in [6, 6.07) is 17.7. The molecule has 120 valence electrons. The Bertz CT molecular complexity index is 811. The highest BCUT2D eigenvalue weighted by molar-refractivity contribution is 9.10. The van der Waals surface area contributed by atoms with E-state index in [0.717, 1.165) is 4.47 Å². The van der Waals surface area contributed by atoms with Gasteiger partial charge in [0.2, 0.25) is 0 Å². The lowest BCUT2D eigenvalue weighted by molar-refractivity contribution is -0.142. The van der Waals surface area contributed by atoms with Crippen molar-refractivity contribution >= 4 is 39.6 Å². The van der Waals surface area contributed by atoms with Gasteiger partial charge in [-0.25, -0.2) is 4.79 Å². The third-order valence-corrected chi connectivity index (χ3v) is 3.39. The van der Waals surface area contributed by atoms with Gasteiger partial charge in [-0.1, -0.05) is 52.3 Å². The number of nitrogens with zero attached hydrogens (tertiary/aromatic N) is 1. The molecule has 1 amide bonds. The van der Waals surface area contributed by atoms with E-state index in [1.54, 1.807) is 48.5 Å². The fourth-order valence-corrected chi connectivity index (χ4v) is 2.22. The molecular weight excluding hydrogens is 372 g/mol. The molecule has 0 unspecified atom stereocenters. The van der Waals surface area contributed by atoms with Crippen LogP contribution in [0.4, 0.5) is 5.69 Å². The smallest absolute Gasteiger partial charge is 0.349 e. The summed E-state index contributed by atoms with van der Waals surface area (Å²) in [5, 5.41) is 11.7. The van der Waals surface area contributed by atoms with Crippen molar-refractivity contribution in [3.63, 3.8) is 0 Å². The molecule has 0 aliphatic heterocycles. The quantitative estimate of drug-likeness (QED) is 0.485. The lowest BCUT2D eigenvalue weighted by Crippen LogP contribution is -2.21. The predicted molar refractivity (Wildman–Crippen MR) is 93.8 cm³/mol. The molecule has 0 fully saturated rings. The summed E-state index contributed by atoms with van der Waals surface area (Å²) in [5.74, 6) is -1.33. The van der Waals surface area contributed by atoms with Crippen LogP contribution in [-0.2, 0) is 14.3 Å². The highest BCUT2D eigenvalue weighted by Gasteiger charge is 2.13. The number of rotatable bonds is 5. The molecule has 0 spiro atoms. The third-order valence-electron chi connectivity index (χ3n) is 2.89. The Labute approximate surface area is 147 Å². The Morgan fingerprint density at radius 3 is 2.58 bits per heavy atom. The molecule has 0 heterocycles. The predicted octanol–water partition coefficient (Wildman–Crippen LogP) is 3.54. The number of hydrogen-bond donors (Lipinski definition) is 1. The van der Waals surface area contributed by atoms with E-state index in [0.29, 0.717) is 11.3 Å². The third kappa shape index (κ3) is 5.38. The van der Waals surface area contributed by atoms with E-state index in [9.17, 15) is 9.59 Å². The molecule has 0 saturated carbocycles. The van der Waals surface area contributed by atoms with Crippen molar-refractivity contribution < 1.29 is 14.3 Å². The SMILES string of the molecule is N#C/C(=C\c1ccccc1)C(=O)OCC(=O)Nc1cccc(Br)c1. The zero-order valence-electron chi connectivity index (χ0n) is 12.5. The molecule has 0 aromatic heterocycles. The van der Waals surface area contributed by atoms with Gasteiger partial charge in [-0.05, 0) is 29.8 Å². The molecule has 0 saturated heterocycles. The normalized spacial score (nSPS) is 10.6. The summed E-state index contributed by atoms with van der Waals surface area (Å²) >= 11 is 3.29. The largest absolute Gasteiger partial charge is 0.451 e. The Morgan fingerprint density at radius 2 is 1.92 bits per heavy atom. The maximum Gasteiger partial charge on any atom is 0.349 e. The topological polar surface area (TPSA) is 79.2 Å². The minimum Gasteiger partial charge on any atom is -0.451 e. The van der Waals surface area contributed by atoms with Crippen LogP contribution in [-0.4, -0.2) is 18.5 Å². The van der Waals surface area contributed by atoms with Crippen LogP contribution < -0.4 is 5.32 Å². The van der Waals surface area contributed by atoms with Crippen molar-refractivity contribution in [3.8, 4) is 6.07 Å². The minimum atomic E-state index is -0.842. The van der Waals surface area contributed by atoms with E-state index < -0.39 is 18.5 Å². The molecular formula is C18H13BrN2O3. The van der Waals surface area contributed by atoms with Gasteiger partial charge in [0.25, 0.3) is 5.91 Å². The first kappa shape index (κ1) is 17.4. The maximum absolute atomic E-state index is 11.9. The molecule has 0 atom stereocenters. The number of halogens is 1. The van der Waals surface area contributed by atoms with Gasteiger partial charge in [-0.15, -0.1) is 0 Å². The number of anilines is 1. The number of benzene rings is 2. The first-order valence-electron chi connectivity index (χ1n) is 6.98. The van der Waals surface area contributed by atoms with Crippen molar-refractivity contribution in [2.24, 2.45) is 0 Å². The summed E-state index contributed by atoms with van der Waals surface area (Å²) in [5.41, 5.74) is 1.10. The van der Waals surface area contributed by atoms with E-state index in [4.69, 9.17) is 10.00 Å². The highest BCUT2D eigenvalue weighted by Crippen LogP contribution is 2.15. The molecule has 0 aliphatic carbocycles. The van der Waals surface area contributed by atoms with Gasteiger partial charge in [0.05, 0.1) is 0 Å². The Hall–Kier alpha value is -2.91. The molecule has 6 heteroatoms. The lowest BCUT2D eigenvalue weighted by atomic mass is 10.1. The summed E-state index contributed by atoms with van der Waals surface area (Å²) in [4.78, 5) is 23.7. The molecule has 0 aliphatic rings. The van der Waals surface area contributed by atoms with Crippen LogP contribution >= 0.6 is 15.9 Å². The number of nitrogens with one attached hydrogen (secondary N) is 1. The first-order valence-corrected chi connectivity index (χ1v) is 7.77. The number of ether oxygens (including phenoxy) is 1. The van der Waals surface area contributed by atoms with Crippen molar-refractivity contribution in [1.82, 2.24) is 0 Å². The molecule has 1 N–H and O–H groups in total. The first-order chi connectivity index (χ1) is 11.6. The molecule has 2 aromatic carbocycles. The average molecular weight is 385 g/mol. The van der Waals surface area contributed by atoms with E-state index in [1.165, 1.54) is 6.08 Å². The number of nitriles is 1. The van der Waals surface area contributed by atoms with Crippen LogP contribution in [0.25, 0.3) is 6.08 Å². The lowest BCUT2D eigenvalue weighted by Gasteiger charge is -2.06. The van der Waals surface area contributed by atoms with E-state index >= 15 is 0 Å². The zero-order chi connectivity index (χ0) is 17.4. The summed E-state index contributed by atoms with van der Waals surface area (Å²) in [6.45, 7) is -0.473. The average Bonchev–Trinajstić information content (AvgIpc) is 2.58. The van der Waals surface area contributed by atoms with Gasteiger partial charge < -0.3 is 10.1 Å². The van der Waals surface area contributed by atoms with Crippen LogP contribution in [0, 0.1) is 11.3 Å². The van der Waals surface area contributed by atoms with Gasteiger partial charge in [0.1, 0.15) is 11.6 Å². The second kappa shape index (κ2) is 8.65. The van der Waals surface area contributed by atoms with Crippen molar-refractivity contribution in [1.29, 1.82) is 5.26 Å². The summed E-state index contributed by atoms with van der Waals surface area (Å²) in [7, 11) is 0. The van der Waals surface area contributed by atoms with Crippen LogP contribution in [0.2, 0.25) is 0 Å². The van der Waals surface area contributed by atoms with Crippen LogP contribution in [0.1, 0.15) is 5.56 Å². The minimum absolute atomic E-state index is 0.170. The van der Waals surface area contributed by atoms with Gasteiger partial charge >= 0.3 is 5.97 Å². The Morgan fingerprint density at radius 1 is 1.17 bits per heavy atom. The Balaban J connectivity index is 1.93. The van der Waals surface area contributed by atoms with Crippen molar-refractivity contribution in [3.05, 3.63) is 70.2 Å². The number of hydrogen-bond acceptors (Lipinski definition) is 4. The fraction of sp³-hybridized carbons (Fsp3) is 0.0556. The number of amides is 1. The number of carbonyl (C=O) groups excluding carboxylic acids is 2. The second-order valence-electron chi connectivity index (χ2n) is 4.72. The van der Waals surface area contributed by atoms with Crippen molar-refractivity contribution in [2.45, 2.75) is 0 Å². The van der Waals surface area contributed by atoms with E-state index in [1.807, 2.05) is 12.1 Å². The van der Waals surface area contributed by atoms with Gasteiger partial charge in [0, 0.05) is 10.2 Å². The second-order valence-corrected chi connectivity index (χ2v) is 5.63. The highest BCUT2D eigenvalue weighted by atomic mass is 79.9. The maximum atomic E-state index is 11.9. The van der Waals surface area contributed by atoms with E-state index in [-0.39, 0.29) is 5.57 Å². The molecule has 0 radical (unpaired) electrons. The van der Waals surface area contributed by atoms with Gasteiger partial charge in [-0.2, -0.15) is 5.26 Å². The zero-order valence-corrected chi connectivity index (χ0v) is 14.1. The van der Waals surface area contributed by atoms with Crippen LogP contribution in [0.15, 0.2) is 64.6 Å². The van der Waals surface area contributed by atoms with Gasteiger partial charge in [-0.3, -0.25) is 4.79 Å². The summed E-state index contributed by atoms with van der Waals surface area (Å²) < 4.78 is 5.69. The molecule has 0 bridgehead atoms. The van der Waals surface area contributed by atoms with Gasteiger partial charge in [0.15, 0.2) is 6.61 Å². The standard InChI is InChI=1S/C18H13BrN2O3/c19-15-7-4-8-16(10-15)21-17(22)12-24-18(23)14(11-20)9-13-5-2-1-3-6-13/h1-10H,12H2,(H,21,22)/b14-9+. The number of carbonyl (C=O) groups is 2. The Kier molecular flexibility index (Phi) is 6.29. The summed E-state index contributed by atoms with van der Waals surface area (Å²) in [6.07, 6.45) is 1.41.